The van der Waals surface area contributed by atoms with Gasteiger partial charge in [0.2, 0.25) is 0 Å². The van der Waals surface area contributed by atoms with Gasteiger partial charge in [0.15, 0.2) is 5.65 Å². The molecule has 2 aromatic heterocycles. The number of fused-ring (bicyclic) bond motifs is 1. The van der Waals surface area contributed by atoms with Crippen molar-refractivity contribution in [1.82, 2.24) is 14.8 Å². The van der Waals surface area contributed by atoms with Crippen molar-refractivity contribution in [2.24, 2.45) is 11.5 Å². The van der Waals surface area contributed by atoms with Gasteiger partial charge in [-0.05, 0) is 30.5 Å². The molecule has 8 heteroatoms. The summed E-state index contributed by atoms with van der Waals surface area (Å²) >= 11 is 0. The third kappa shape index (κ3) is 3.27. The van der Waals surface area contributed by atoms with Crippen LogP contribution in [0.5, 0.6) is 0 Å². The number of aromatic nitrogens is 3. The molecule has 1 aliphatic heterocycles. The number of nitrogens with two attached hydrogens (primary N) is 2. The van der Waals surface area contributed by atoms with E-state index in [4.69, 9.17) is 26.6 Å². The standard InChI is InChI=1S/C20H29N7O/c21-7-4-17(23)27-19-15(13-24-27)16(20(14-22)5-2-1-3-6-20)12-18(25-19)26-8-10-28-11-9-26/h4,7,12-13,21H,1-3,5-6,8-11,14,22-23H2/b17-4+,21-7?. The second kappa shape index (κ2) is 7.89. The first-order valence-electron chi connectivity index (χ1n) is 10.1. The number of allylic oxidation sites excluding steroid dienone is 1. The van der Waals surface area contributed by atoms with Crippen LogP contribution >= 0.6 is 0 Å². The van der Waals surface area contributed by atoms with Crippen LogP contribution in [0.2, 0.25) is 0 Å². The van der Waals surface area contributed by atoms with Crippen molar-refractivity contribution >= 4 is 28.9 Å². The highest BCUT2D eigenvalue weighted by Crippen LogP contribution is 2.42. The number of rotatable bonds is 5. The molecular weight excluding hydrogens is 354 g/mol. The number of ether oxygens (including phenoxy) is 1. The average molecular weight is 384 g/mol. The van der Waals surface area contributed by atoms with Gasteiger partial charge >= 0.3 is 0 Å². The number of hydrogen-bond donors (Lipinski definition) is 3. The molecule has 2 aliphatic rings. The van der Waals surface area contributed by atoms with Crippen molar-refractivity contribution < 1.29 is 4.74 Å². The Balaban J connectivity index is 1.91. The van der Waals surface area contributed by atoms with E-state index in [1.807, 2.05) is 6.20 Å². The molecule has 28 heavy (non-hydrogen) atoms. The number of pyridine rings is 1. The van der Waals surface area contributed by atoms with Crippen LogP contribution in [0.1, 0.15) is 37.7 Å². The molecule has 0 bridgehead atoms. The highest BCUT2D eigenvalue weighted by molar-refractivity contribution is 5.86. The molecule has 0 radical (unpaired) electrons. The minimum absolute atomic E-state index is 0.0473. The topological polar surface area (TPSA) is 119 Å². The van der Waals surface area contributed by atoms with Gasteiger partial charge in [0.05, 0.1) is 19.4 Å². The van der Waals surface area contributed by atoms with E-state index in [1.165, 1.54) is 30.9 Å². The van der Waals surface area contributed by atoms with E-state index in [-0.39, 0.29) is 5.41 Å². The lowest BCUT2D eigenvalue weighted by molar-refractivity contribution is 0.122. The summed E-state index contributed by atoms with van der Waals surface area (Å²) in [5, 5.41) is 12.8. The van der Waals surface area contributed by atoms with Crippen molar-refractivity contribution in [1.29, 1.82) is 5.41 Å². The molecule has 0 aromatic carbocycles. The number of anilines is 1. The molecule has 1 aliphatic carbocycles. The minimum atomic E-state index is -0.0473. The lowest BCUT2D eigenvalue weighted by atomic mass is 9.69. The van der Waals surface area contributed by atoms with Gasteiger partial charge in [-0.3, -0.25) is 0 Å². The first-order chi connectivity index (χ1) is 13.7. The molecule has 8 nitrogen and oxygen atoms in total. The van der Waals surface area contributed by atoms with E-state index in [9.17, 15) is 0 Å². The van der Waals surface area contributed by atoms with E-state index in [2.05, 4.69) is 16.1 Å². The Labute approximate surface area is 165 Å². The molecule has 0 spiro atoms. The summed E-state index contributed by atoms with van der Waals surface area (Å²) in [4.78, 5) is 7.17. The van der Waals surface area contributed by atoms with Gasteiger partial charge in [-0.2, -0.15) is 9.78 Å². The SMILES string of the molecule is N=C/C=C(\N)n1ncc2c(C3(CN)CCCCC3)cc(N3CCOCC3)nc21. The van der Waals surface area contributed by atoms with Crippen LogP contribution in [0.3, 0.4) is 0 Å². The van der Waals surface area contributed by atoms with Crippen molar-refractivity contribution in [2.75, 3.05) is 37.7 Å². The van der Waals surface area contributed by atoms with Crippen molar-refractivity contribution in [3.63, 3.8) is 0 Å². The predicted octanol–water partition coefficient (Wildman–Crippen LogP) is 1.84. The molecule has 4 rings (SSSR count). The normalized spacial score (nSPS) is 20.5. The predicted molar refractivity (Wildman–Crippen MR) is 112 cm³/mol. The summed E-state index contributed by atoms with van der Waals surface area (Å²) in [5.41, 5.74) is 14.4. The van der Waals surface area contributed by atoms with Crippen molar-refractivity contribution in [2.45, 2.75) is 37.5 Å². The zero-order valence-electron chi connectivity index (χ0n) is 16.2. The molecule has 0 amide bonds. The maximum absolute atomic E-state index is 7.33. The molecule has 3 heterocycles. The molecule has 2 fully saturated rings. The number of nitrogens with zero attached hydrogens (tertiary/aromatic N) is 4. The summed E-state index contributed by atoms with van der Waals surface area (Å²) in [6.45, 7) is 3.64. The van der Waals surface area contributed by atoms with E-state index >= 15 is 0 Å². The largest absolute Gasteiger partial charge is 0.384 e. The number of morpholine rings is 1. The van der Waals surface area contributed by atoms with Crippen molar-refractivity contribution in [3.05, 3.63) is 23.9 Å². The Morgan fingerprint density at radius 2 is 2.00 bits per heavy atom. The van der Waals surface area contributed by atoms with Crippen molar-refractivity contribution in [3.8, 4) is 0 Å². The molecule has 150 valence electrons. The van der Waals surface area contributed by atoms with E-state index in [0.29, 0.717) is 25.6 Å². The second-order valence-electron chi connectivity index (χ2n) is 7.72. The lowest BCUT2D eigenvalue weighted by Crippen LogP contribution is -2.39. The van der Waals surface area contributed by atoms with Crippen LogP contribution in [-0.2, 0) is 10.2 Å². The Bertz CT molecular complexity index is 876. The van der Waals surface area contributed by atoms with Crippen LogP contribution in [0.25, 0.3) is 16.9 Å². The summed E-state index contributed by atoms with van der Waals surface area (Å²) in [6.07, 6.45) is 10.4. The number of nitrogens with one attached hydrogen (secondary N) is 1. The molecule has 1 saturated carbocycles. The van der Waals surface area contributed by atoms with Crippen LogP contribution < -0.4 is 16.4 Å². The van der Waals surface area contributed by atoms with E-state index in [1.54, 1.807) is 4.68 Å². The molecule has 0 unspecified atom stereocenters. The summed E-state index contributed by atoms with van der Waals surface area (Å²) in [5.74, 6) is 1.31. The Morgan fingerprint density at radius 3 is 2.68 bits per heavy atom. The Hall–Kier alpha value is -2.45. The quantitative estimate of drug-likeness (QED) is 0.678. The van der Waals surface area contributed by atoms with Crippen LogP contribution in [-0.4, -0.2) is 53.8 Å². The van der Waals surface area contributed by atoms with Crippen LogP contribution in [0.4, 0.5) is 5.82 Å². The molecule has 2 aromatic rings. The maximum atomic E-state index is 7.33. The zero-order chi connectivity index (χ0) is 19.6. The average Bonchev–Trinajstić information content (AvgIpc) is 3.18. The highest BCUT2D eigenvalue weighted by Gasteiger charge is 2.35. The summed E-state index contributed by atoms with van der Waals surface area (Å²) in [6, 6.07) is 2.22. The minimum Gasteiger partial charge on any atom is -0.384 e. The van der Waals surface area contributed by atoms with Gasteiger partial charge in [0.25, 0.3) is 0 Å². The highest BCUT2D eigenvalue weighted by atomic mass is 16.5. The maximum Gasteiger partial charge on any atom is 0.167 e. The van der Waals surface area contributed by atoms with E-state index < -0.39 is 0 Å². The molecule has 5 N–H and O–H groups in total. The fourth-order valence-corrected chi connectivity index (χ4v) is 4.54. The van der Waals surface area contributed by atoms with Gasteiger partial charge in [-0.1, -0.05) is 19.3 Å². The molecular formula is C20H29N7O. The van der Waals surface area contributed by atoms with Crippen LogP contribution in [0, 0.1) is 5.41 Å². The summed E-state index contributed by atoms with van der Waals surface area (Å²) in [7, 11) is 0. The first-order valence-corrected chi connectivity index (χ1v) is 10.1. The number of hydrogen-bond acceptors (Lipinski definition) is 7. The third-order valence-electron chi connectivity index (χ3n) is 6.13. The smallest absolute Gasteiger partial charge is 0.167 e. The van der Waals surface area contributed by atoms with Gasteiger partial charge < -0.3 is 26.5 Å². The van der Waals surface area contributed by atoms with Crippen LogP contribution in [0.15, 0.2) is 18.3 Å². The zero-order valence-corrected chi connectivity index (χ0v) is 16.2. The monoisotopic (exact) mass is 383 g/mol. The lowest BCUT2D eigenvalue weighted by Gasteiger charge is -2.38. The Morgan fingerprint density at radius 1 is 1.25 bits per heavy atom. The van der Waals surface area contributed by atoms with Gasteiger partial charge in [-0.15, -0.1) is 0 Å². The van der Waals surface area contributed by atoms with Gasteiger partial charge in [0.1, 0.15) is 11.6 Å². The fourth-order valence-electron chi connectivity index (χ4n) is 4.54. The van der Waals surface area contributed by atoms with Gasteiger partial charge in [0, 0.05) is 36.7 Å². The molecule has 1 saturated heterocycles. The first kappa shape index (κ1) is 18.9. The second-order valence-corrected chi connectivity index (χ2v) is 7.72. The third-order valence-corrected chi connectivity index (χ3v) is 6.13. The fraction of sp³-hybridized carbons (Fsp3) is 0.550. The Kier molecular flexibility index (Phi) is 5.32. The summed E-state index contributed by atoms with van der Waals surface area (Å²) < 4.78 is 7.14. The molecule has 0 atom stereocenters. The van der Waals surface area contributed by atoms with E-state index in [0.717, 1.165) is 49.0 Å². The van der Waals surface area contributed by atoms with Gasteiger partial charge in [-0.25, -0.2) is 4.98 Å².